The van der Waals surface area contributed by atoms with Gasteiger partial charge in [0.25, 0.3) is 5.91 Å². The summed E-state index contributed by atoms with van der Waals surface area (Å²) in [7, 11) is -3.91. The van der Waals surface area contributed by atoms with E-state index in [2.05, 4.69) is 0 Å². The first kappa shape index (κ1) is 24.4. The Morgan fingerprint density at radius 2 is 1.58 bits per heavy atom. The molecule has 3 rings (SSSR count). The van der Waals surface area contributed by atoms with Crippen molar-refractivity contribution in [2.24, 2.45) is 5.92 Å². The van der Waals surface area contributed by atoms with Crippen LogP contribution in [0.3, 0.4) is 0 Å². The van der Waals surface area contributed by atoms with Gasteiger partial charge in [-0.1, -0.05) is 12.8 Å². The van der Waals surface area contributed by atoms with Crippen LogP contribution in [0.15, 0.2) is 0 Å². The number of sulfonamides is 1. The van der Waals surface area contributed by atoms with Crippen molar-refractivity contribution in [3.05, 3.63) is 0 Å². The molecule has 0 atom stereocenters. The molecule has 3 aliphatic heterocycles. The molecule has 2 N–H and O–H groups in total. The summed E-state index contributed by atoms with van der Waals surface area (Å²) in [6.45, 7) is 3.67. The van der Waals surface area contributed by atoms with E-state index in [4.69, 9.17) is 14.7 Å². The van der Waals surface area contributed by atoms with Gasteiger partial charge in [-0.15, -0.1) is 0 Å². The van der Waals surface area contributed by atoms with Crippen LogP contribution in [0.5, 0.6) is 0 Å². The zero-order chi connectivity index (χ0) is 22.3. The van der Waals surface area contributed by atoms with Crippen LogP contribution in [0, 0.1) is 5.92 Å². The Bertz CT molecular complexity index is 710. The van der Waals surface area contributed by atoms with Gasteiger partial charge in [-0.05, 0) is 25.2 Å². The predicted molar refractivity (Wildman–Crippen MR) is 112 cm³/mol. The number of carbonyl (C=O) groups is 2. The Balaban J connectivity index is 1.44. The molecule has 178 valence electrons. The lowest BCUT2D eigenvalue weighted by atomic mass is 9.92. The quantitative estimate of drug-likeness (QED) is 0.306. The van der Waals surface area contributed by atoms with Crippen LogP contribution >= 0.6 is 0 Å². The normalized spacial score (nSPS) is 23.5. The number of piperidine rings is 1. The van der Waals surface area contributed by atoms with Crippen LogP contribution in [-0.4, -0.2) is 92.0 Å². The summed E-state index contributed by atoms with van der Waals surface area (Å²) in [5.74, 6) is -0.266. The van der Waals surface area contributed by atoms with E-state index in [0.29, 0.717) is 51.7 Å². The second-order valence-electron chi connectivity index (χ2n) is 8.63. The van der Waals surface area contributed by atoms with Gasteiger partial charge in [-0.2, -0.15) is 0 Å². The fourth-order valence-electron chi connectivity index (χ4n) is 4.77. The molecule has 3 fully saturated rings. The zero-order valence-corrected chi connectivity index (χ0v) is 18.9. The van der Waals surface area contributed by atoms with Crippen molar-refractivity contribution >= 4 is 21.8 Å². The van der Waals surface area contributed by atoms with Crippen LogP contribution in [0.1, 0.15) is 51.4 Å². The number of morpholine rings is 1. The summed E-state index contributed by atoms with van der Waals surface area (Å²) >= 11 is 0. The van der Waals surface area contributed by atoms with Crippen molar-refractivity contribution in [3.8, 4) is 0 Å². The van der Waals surface area contributed by atoms with E-state index in [1.807, 2.05) is 4.90 Å². The minimum absolute atomic E-state index is 0.0405. The van der Waals surface area contributed by atoms with Crippen LogP contribution < -0.4 is 5.48 Å². The maximum Gasteiger partial charge on any atom is 0.266 e. The van der Waals surface area contributed by atoms with Gasteiger partial charge in [0.15, 0.2) is 4.75 Å². The number of amides is 2. The number of nitrogens with one attached hydrogen (secondary N) is 1. The smallest absolute Gasteiger partial charge is 0.266 e. The number of unbranched alkanes of at least 4 members (excludes halogenated alkanes) is 1. The Morgan fingerprint density at radius 1 is 0.968 bits per heavy atom. The number of hydroxylamine groups is 1. The Hall–Kier alpha value is -1.27. The molecule has 0 spiro atoms. The van der Waals surface area contributed by atoms with Gasteiger partial charge in [0, 0.05) is 58.7 Å². The molecule has 0 aromatic carbocycles. The molecule has 0 saturated carbocycles. The summed E-state index contributed by atoms with van der Waals surface area (Å²) in [6, 6.07) is 0. The minimum atomic E-state index is -3.91. The number of hydrogen-bond donors (Lipinski definition) is 2. The van der Waals surface area contributed by atoms with E-state index in [1.165, 1.54) is 4.31 Å². The zero-order valence-electron chi connectivity index (χ0n) is 18.1. The number of carbonyl (C=O) groups excluding carboxylic acids is 2. The van der Waals surface area contributed by atoms with Crippen molar-refractivity contribution in [2.75, 3.05) is 52.6 Å². The van der Waals surface area contributed by atoms with Crippen molar-refractivity contribution in [3.63, 3.8) is 0 Å². The van der Waals surface area contributed by atoms with Crippen molar-refractivity contribution in [2.45, 2.75) is 56.1 Å². The summed E-state index contributed by atoms with van der Waals surface area (Å²) in [5, 5.41) is 9.14. The molecule has 3 heterocycles. The molecule has 0 aromatic rings. The molecule has 3 aliphatic rings. The molecule has 0 radical (unpaired) electrons. The fourth-order valence-corrected chi connectivity index (χ4v) is 6.92. The standard InChI is InChI=1S/C20H35N3O7S/c24-18(22-11-15-30-16-12-22)4-2-1-3-17-5-9-23(10-6-17)31(27,28)20(19(25)21-26)7-13-29-14-8-20/h17,26H,1-16H2,(H,21,25). The monoisotopic (exact) mass is 461 g/mol. The van der Waals surface area contributed by atoms with Crippen molar-refractivity contribution in [1.29, 1.82) is 0 Å². The van der Waals surface area contributed by atoms with Crippen LogP contribution in [0.2, 0.25) is 0 Å². The lowest BCUT2D eigenvalue weighted by Gasteiger charge is -2.40. The highest BCUT2D eigenvalue weighted by Crippen LogP contribution is 2.35. The van der Waals surface area contributed by atoms with Gasteiger partial charge in [0.2, 0.25) is 15.9 Å². The van der Waals surface area contributed by atoms with Crippen molar-refractivity contribution < 1.29 is 32.7 Å². The number of ether oxygens (including phenoxy) is 2. The van der Waals surface area contributed by atoms with Gasteiger partial charge < -0.3 is 14.4 Å². The van der Waals surface area contributed by atoms with Gasteiger partial charge in [0.05, 0.1) is 13.2 Å². The summed E-state index contributed by atoms with van der Waals surface area (Å²) in [6.07, 6.45) is 4.87. The molecule has 0 aromatic heterocycles. The topological polar surface area (TPSA) is 125 Å². The molecule has 0 aliphatic carbocycles. The Kier molecular flexibility index (Phi) is 8.68. The molecule has 0 unspecified atom stereocenters. The highest BCUT2D eigenvalue weighted by molar-refractivity contribution is 7.91. The lowest BCUT2D eigenvalue weighted by molar-refractivity contribution is -0.135. The van der Waals surface area contributed by atoms with Gasteiger partial charge in [-0.25, -0.2) is 18.2 Å². The van der Waals surface area contributed by atoms with Crippen LogP contribution in [0.4, 0.5) is 0 Å². The highest BCUT2D eigenvalue weighted by Gasteiger charge is 2.54. The first-order valence-corrected chi connectivity index (χ1v) is 12.7. The van der Waals surface area contributed by atoms with E-state index in [-0.39, 0.29) is 32.0 Å². The predicted octanol–water partition coefficient (Wildman–Crippen LogP) is 0.502. The maximum atomic E-state index is 13.3. The molecule has 10 nitrogen and oxygen atoms in total. The van der Waals surface area contributed by atoms with Gasteiger partial charge in [0.1, 0.15) is 0 Å². The summed E-state index contributed by atoms with van der Waals surface area (Å²) in [5.41, 5.74) is 1.56. The van der Waals surface area contributed by atoms with E-state index < -0.39 is 20.7 Å². The second-order valence-corrected chi connectivity index (χ2v) is 10.9. The third kappa shape index (κ3) is 5.57. The molecule has 0 bridgehead atoms. The number of rotatable bonds is 8. The average Bonchev–Trinajstić information content (AvgIpc) is 2.82. The third-order valence-corrected chi connectivity index (χ3v) is 9.47. The van der Waals surface area contributed by atoms with Crippen LogP contribution in [-0.2, 0) is 29.1 Å². The molecule has 11 heteroatoms. The van der Waals surface area contributed by atoms with E-state index in [0.717, 1.165) is 32.1 Å². The second kappa shape index (κ2) is 11.0. The molecular formula is C20H35N3O7S. The minimum Gasteiger partial charge on any atom is -0.381 e. The molecular weight excluding hydrogens is 426 g/mol. The van der Waals surface area contributed by atoms with Gasteiger partial charge in [-0.3, -0.25) is 14.8 Å². The van der Waals surface area contributed by atoms with Crippen LogP contribution in [0.25, 0.3) is 0 Å². The SMILES string of the molecule is O=C(CCCCC1CCN(S(=O)(=O)C2(C(=O)NO)CCOCC2)CC1)N1CCOCC1. The average molecular weight is 462 g/mol. The number of hydrogen-bond acceptors (Lipinski definition) is 7. The maximum absolute atomic E-state index is 13.3. The lowest BCUT2D eigenvalue weighted by Crippen LogP contribution is -2.60. The molecule has 31 heavy (non-hydrogen) atoms. The highest BCUT2D eigenvalue weighted by atomic mass is 32.2. The first-order chi connectivity index (χ1) is 14.9. The third-order valence-electron chi connectivity index (χ3n) is 6.84. The molecule has 2 amide bonds. The Morgan fingerprint density at radius 3 is 2.19 bits per heavy atom. The number of nitrogens with zero attached hydrogens (tertiary/aromatic N) is 2. The Labute approximate surface area is 184 Å². The van der Waals surface area contributed by atoms with E-state index in [9.17, 15) is 18.0 Å². The van der Waals surface area contributed by atoms with E-state index in [1.54, 1.807) is 5.48 Å². The summed E-state index contributed by atoms with van der Waals surface area (Å²) in [4.78, 5) is 26.4. The van der Waals surface area contributed by atoms with Gasteiger partial charge >= 0.3 is 0 Å². The van der Waals surface area contributed by atoms with E-state index >= 15 is 0 Å². The largest absolute Gasteiger partial charge is 0.381 e. The molecule has 3 saturated heterocycles. The first-order valence-electron chi connectivity index (χ1n) is 11.3. The fraction of sp³-hybridized carbons (Fsp3) is 0.900. The summed E-state index contributed by atoms with van der Waals surface area (Å²) < 4.78 is 36.9. The van der Waals surface area contributed by atoms with Crippen molar-refractivity contribution in [1.82, 2.24) is 14.7 Å².